The molecule has 0 bridgehead atoms. The second kappa shape index (κ2) is 13.8. The second-order valence-corrected chi connectivity index (χ2v) is 24.2. The summed E-state index contributed by atoms with van der Waals surface area (Å²) in [7, 11) is 0. The van der Waals surface area contributed by atoms with Gasteiger partial charge in [-0.2, -0.15) is 0 Å². The molecule has 2 atom stereocenters. The average molecular weight is 524 g/mol. The SMILES string of the molecule is CCCCCC.C[SiH2][Zr+2]([CH]1C=Cc2ccccc21)[CH]1C=Cc2ccccc21.[Cl-].[Cl-]. The molecule has 2 unspecified atom stereocenters. The Kier molecular flexibility index (Phi) is 12.7. The fourth-order valence-corrected chi connectivity index (χ4v) is 21.8. The maximum Gasteiger partial charge on any atom is -1.00 e. The number of benzene rings is 2. The summed E-state index contributed by atoms with van der Waals surface area (Å²) in [6.07, 6.45) is 15.3. The predicted molar refractivity (Wildman–Crippen MR) is 121 cm³/mol. The molecule has 0 saturated heterocycles. The van der Waals surface area contributed by atoms with Crippen molar-refractivity contribution in [2.45, 2.75) is 53.3 Å². The van der Waals surface area contributed by atoms with E-state index in [1.807, 2.05) is 0 Å². The average Bonchev–Trinajstić information content (AvgIpc) is 3.33. The first-order valence-corrected chi connectivity index (χ1v) is 20.9. The minimum absolute atomic E-state index is 0. The van der Waals surface area contributed by atoms with Crippen LogP contribution in [-0.4, -0.2) is 6.65 Å². The maximum atomic E-state index is 2.55. The largest absolute Gasteiger partial charge is 1.00 e. The van der Waals surface area contributed by atoms with Crippen LogP contribution >= 0.6 is 0 Å². The molecule has 2 aromatic carbocycles. The summed E-state index contributed by atoms with van der Waals surface area (Å²) in [5.41, 5.74) is 6.19. The quantitative estimate of drug-likeness (QED) is 0.390. The van der Waals surface area contributed by atoms with Crippen molar-refractivity contribution in [2.75, 3.05) is 0 Å². The van der Waals surface area contributed by atoms with Gasteiger partial charge in [0.05, 0.1) is 0 Å². The van der Waals surface area contributed by atoms with Crippen LogP contribution in [0.1, 0.15) is 69.0 Å². The predicted octanol–water partition coefficient (Wildman–Crippen LogP) is 0.867. The van der Waals surface area contributed by atoms with E-state index in [9.17, 15) is 0 Å². The van der Waals surface area contributed by atoms with Gasteiger partial charge in [-0.1, -0.05) is 39.5 Å². The van der Waals surface area contributed by atoms with E-state index >= 15 is 0 Å². The van der Waals surface area contributed by atoms with Crippen molar-refractivity contribution in [1.29, 1.82) is 0 Å². The molecule has 0 saturated carbocycles. The Morgan fingerprint density at radius 2 is 1.14 bits per heavy atom. The van der Waals surface area contributed by atoms with Gasteiger partial charge in [0.15, 0.2) is 0 Å². The Hall–Kier alpha value is -0.400. The molecule has 2 aliphatic carbocycles. The topological polar surface area (TPSA) is 0 Å². The summed E-state index contributed by atoms with van der Waals surface area (Å²) in [6, 6.07) is 18.1. The Morgan fingerprint density at radius 3 is 1.52 bits per heavy atom. The summed E-state index contributed by atoms with van der Waals surface area (Å²) in [4.78, 5) is 0. The number of rotatable bonds is 6. The molecule has 155 valence electrons. The van der Waals surface area contributed by atoms with E-state index in [0.717, 1.165) is 7.25 Å². The van der Waals surface area contributed by atoms with E-state index in [0.29, 0.717) is 0 Å². The third kappa shape index (κ3) is 6.54. The molecule has 2 aromatic rings. The van der Waals surface area contributed by atoms with Crippen molar-refractivity contribution >= 4 is 18.8 Å². The smallest absolute Gasteiger partial charge is 1.00 e. The van der Waals surface area contributed by atoms with Gasteiger partial charge >= 0.3 is 136 Å². The minimum atomic E-state index is -1.50. The van der Waals surface area contributed by atoms with Crippen molar-refractivity contribution in [1.82, 2.24) is 0 Å². The molecule has 4 rings (SSSR count). The van der Waals surface area contributed by atoms with E-state index in [4.69, 9.17) is 0 Å². The number of allylic oxidation sites excluding steroid dienone is 2. The molecule has 0 aromatic heterocycles. The van der Waals surface area contributed by atoms with Gasteiger partial charge < -0.3 is 24.8 Å². The van der Waals surface area contributed by atoms with Crippen LogP contribution in [-0.2, 0) is 20.9 Å². The zero-order valence-corrected chi connectivity index (χ0v) is 23.3. The zero-order chi connectivity index (χ0) is 19.1. The summed E-state index contributed by atoms with van der Waals surface area (Å²) in [5, 5.41) is 0. The fraction of sp³-hybridized carbons (Fsp3) is 0.360. The monoisotopic (exact) mass is 521 g/mol. The van der Waals surface area contributed by atoms with Gasteiger partial charge in [0.25, 0.3) is 0 Å². The first kappa shape index (κ1) is 26.6. The van der Waals surface area contributed by atoms with Gasteiger partial charge in [-0.3, -0.25) is 0 Å². The van der Waals surface area contributed by atoms with Crippen LogP contribution in [0.25, 0.3) is 12.2 Å². The molecule has 0 heterocycles. The van der Waals surface area contributed by atoms with Crippen LogP contribution in [0, 0.1) is 0 Å². The molecule has 0 radical (unpaired) electrons. The van der Waals surface area contributed by atoms with Gasteiger partial charge in [0.1, 0.15) is 0 Å². The summed E-state index contributed by atoms with van der Waals surface area (Å²) < 4.78 is 1.61. The van der Waals surface area contributed by atoms with Gasteiger partial charge in [-0.05, 0) is 0 Å². The third-order valence-corrected chi connectivity index (χ3v) is 24.2. The Labute approximate surface area is 199 Å². The van der Waals surface area contributed by atoms with Gasteiger partial charge in [0, 0.05) is 0 Å². The second-order valence-electron chi connectivity index (χ2n) is 7.57. The van der Waals surface area contributed by atoms with Gasteiger partial charge in [-0.25, -0.2) is 0 Å². The molecule has 0 spiro atoms. The fourth-order valence-electron chi connectivity index (χ4n) is 4.28. The summed E-state index contributed by atoms with van der Waals surface area (Å²) in [6.45, 7) is 7.10. The maximum absolute atomic E-state index is 2.55. The van der Waals surface area contributed by atoms with E-state index in [-0.39, 0.29) is 31.5 Å². The number of hydrogen-bond acceptors (Lipinski definition) is 0. The minimum Gasteiger partial charge on any atom is -1.00 e. The Morgan fingerprint density at radius 1 is 0.724 bits per heavy atom. The molecule has 0 fully saturated rings. The number of unbranched alkanes of at least 4 members (excludes halogenated alkanes) is 3. The van der Waals surface area contributed by atoms with Crippen molar-refractivity contribution < 1.29 is 45.7 Å². The molecule has 2 aliphatic rings. The van der Waals surface area contributed by atoms with Crippen molar-refractivity contribution in [3.63, 3.8) is 0 Å². The molecular formula is C25H33Cl2SiZr. The van der Waals surface area contributed by atoms with E-state index in [2.05, 4.69) is 93.2 Å². The van der Waals surface area contributed by atoms with E-state index in [1.165, 1.54) is 36.8 Å². The normalized spacial score (nSPS) is 17.8. The first-order chi connectivity index (χ1) is 13.3. The van der Waals surface area contributed by atoms with Gasteiger partial charge in [-0.15, -0.1) is 0 Å². The van der Waals surface area contributed by atoms with Crippen LogP contribution in [0.4, 0.5) is 0 Å². The molecular weight excluding hydrogens is 490 g/mol. The van der Waals surface area contributed by atoms with Crippen LogP contribution in [0.5, 0.6) is 0 Å². The molecule has 4 heteroatoms. The third-order valence-electron chi connectivity index (χ3n) is 5.76. The number of fused-ring (bicyclic) bond motifs is 2. The zero-order valence-electron chi connectivity index (χ0n) is 17.9. The van der Waals surface area contributed by atoms with E-state index in [1.54, 1.807) is 11.1 Å². The number of hydrogen-bond donors (Lipinski definition) is 0. The van der Waals surface area contributed by atoms with Crippen LogP contribution in [0.15, 0.2) is 60.7 Å². The molecule has 0 amide bonds. The molecule has 29 heavy (non-hydrogen) atoms. The van der Waals surface area contributed by atoms with Crippen molar-refractivity contribution in [3.05, 3.63) is 82.9 Å². The molecule has 0 aliphatic heterocycles. The summed E-state index contributed by atoms with van der Waals surface area (Å²) >= 11 is -1.50. The Bertz CT molecular complexity index is 737. The van der Waals surface area contributed by atoms with Crippen LogP contribution in [0.2, 0.25) is 6.55 Å². The van der Waals surface area contributed by atoms with Gasteiger partial charge in [0.2, 0.25) is 0 Å². The van der Waals surface area contributed by atoms with Crippen LogP contribution in [0.3, 0.4) is 0 Å². The van der Waals surface area contributed by atoms with Crippen LogP contribution < -0.4 is 24.8 Å². The van der Waals surface area contributed by atoms with Crippen molar-refractivity contribution in [3.8, 4) is 0 Å². The van der Waals surface area contributed by atoms with E-state index < -0.39 is 20.9 Å². The van der Waals surface area contributed by atoms with Crippen molar-refractivity contribution in [2.24, 2.45) is 0 Å². The molecule has 0 N–H and O–H groups in total. The molecule has 0 nitrogen and oxygen atoms in total. The first-order valence-electron chi connectivity index (χ1n) is 10.7. The standard InChI is InChI=1S/2C9H7.C6H14.CH5Si.2ClH.Zr/c2*1-2-5-9-7-3-6-8(9)4-1;1-3-5-6-4-2;1-2;;;/h2*1-7H;3-6H2,1-2H3;2H2,1H3;2*1H;/q;;;;;;+2/p-2. The number of halogens is 2. The Balaban J connectivity index is 0.000000467. The summed E-state index contributed by atoms with van der Waals surface area (Å²) in [5.74, 6) is 0.